The van der Waals surface area contributed by atoms with E-state index in [4.69, 9.17) is 0 Å². The van der Waals surface area contributed by atoms with Crippen LogP contribution in [0.2, 0.25) is 0 Å². The molecule has 0 aromatic carbocycles. The molecule has 76 valence electrons. The summed E-state index contributed by atoms with van der Waals surface area (Å²) in [5, 5.41) is 0. The molecule has 13 heavy (non-hydrogen) atoms. The first-order chi connectivity index (χ1) is 6.20. The lowest BCUT2D eigenvalue weighted by Crippen LogP contribution is -2.38. The van der Waals surface area contributed by atoms with E-state index in [0.29, 0.717) is 12.6 Å². The summed E-state index contributed by atoms with van der Waals surface area (Å²) < 4.78 is 13.5. The Morgan fingerprint density at radius 3 is 2.38 bits per heavy atom. The molecule has 0 radical (unpaired) electrons. The standard InChI is InChI=1S/C11H20FN/c1-13(9-11(12)7-8-11)10-5-3-2-4-6-10/h10H,2-9H2,1H3. The van der Waals surface area contributed by atoms with Crippen LogP contribution < -0.4 is 0 Å². The third-order valence-electron chi connectivity index (χ3n) is 3.52. The van der Waals surface area contributed by atoms with E-state index in [1.165, 1.54) is 32.1 Å². The summed E-state index contributed by atoms with van der Waals surface area (Å²) in [5.41, 5.74) is -0.799. The molecule has 1 nitrogen and oxygen atoms in total. The van der Waals surface area contributed by atoms with Gasteiger partial charge in [0.1, 0.15) is 5.67 Å². The van der Waals surface area contributed by atoms with E-state index in [1.54, 1.807) is 0 Å². The van der Waals surface area contributed by atoms with Crippen LogP contribution in [0.5, 0.6) is 0 Å². The molecule has 0 saturated heterocycles. The quantitative estimate of drug-likeness (QED) is 0.653. The van der Waals surface area contributed by atoms with Crippen LogP contribution in [0.1, 0.15) is 44.9 Å². The van der Waals surface area contributed by atoms with Gasteiger partial charge in [0.25, 0.3) is 0 Å². The van der Waals surface area contributed by atoms with Crippen LogP contribution in [-0.2, 0) is 0 Å². The summed E-state index contributed by atoms with van der Waals surface area (Å²) in [5.74, 6) is 0. The first-order valence-electron chi connectivity index (χ1n) is 5.59. The Hall–Kier alpha value is -0.110. The molecule has 0 atom stereocenters. The van der Waals surface area contributed by atoms with Crippen LogP contribution in [0, 0.1) is 0 Å². The second-order valence-corrected chi connectivity index (χ2v) is 4.86. The van der Waals surface area contributed by atoms with Gasteiger partial charge in [-0.2, -0.15) is 0 Å². The average molecular weight is 185 g/mol. The molecule has 0 aliphatic heterocycles. The van der Waals surface area contributed by atoms with E-state index in [9.17, 15) is 4.39 Å². The maximum Gasteiger partial charge on any atom is 0.123 e. The van der Waals surface area contributed by atoms with Gasteiger partial charge in [-0.05, 0) is 32.7 Å². The molecule has 0 heterocycles. The highest BCUT2D eigenvalue weighted by Gasteiger charge is 2.44. The van der Waals surface area contributed by atoms with Crippen molar-refractivity contribution in [3.05, 3.63) is 0 Å². The second-order valence-electron chi connectivity index (χ2n) is 4.86. The smallest absolute Gasteiger partial charge is 0.123 e. The average Bonchev–Trinajstić information content (AvgIpc) is 2.85. The molecular weight excluding hydrogens is 165 g/mol. The largest absolute Gasteiger partial charge is 0.300 e. The van der Waals surface area contributed by atoms with Gasteiger partial charge in [0, 0.05) is 12.6 Å². The predicted octanol–water partition coefficient (Wildman–Crippen LogP) is 2.75. The van der Waals surface area contributed by atoms with E-state index in [0.717, 1.165) is 12.8 Å². The monoisotopic (exact) mass is 185 g/mol. The summed E-state index contributed by atoms with van der Waals surface area (Å²) in [6, 6.07) is 0.668. The van der Waals surface area contributed by atoms with Gasteiger partial charge in [-0.3, -0.25) is 0 Å². The molecule has 2 heteroatoms. The van der Waals surface area contributed by atoms with Gasteiger partial charge >= 0.3 is 0 Å². The molecular formula is C11H20FN. The molecule has 2 fully saturated rings. The molecule has 0 amide bonds. The van der Waals surface area contributed by atoms with Crippen LogP contribution >= 0.6 is 0 Å². The molecule has 0 N–H and O–H groups in total. The van der Waals surface area contributed by atoms with Crippen molar-refractivity contribution < 1.29 is 4.39 Å². The SMILES string of the molecule is CN(CC1(F)CC1)C1CCCCC1. The Bertz CT molecular complexity index is 171. The lowest BCUT2D eigenvalue weighted by Gasteiger charge is -2.32. The van der Waals surface area contributed by atoms with Crippen LogP contribution in [-0.4, -0.2) is 30.2 Å². The molecule has 0 aromatic rings. The van der Waals surface area contributed by atoms with E-state index in [2.05, 4.69) is 11.9 Å². The number of alkyl halides is 1. The first kappa shape index (κ1) is 9.45. The summed E-state index contributed by atoms with van der Waals surface area (Å²) in [7, 11) is 2.09. The highest BCUT2D eigenvalue weighted by molar-refractivity contribution is 4.97. The molecule has 2 rings (SSSR count). The summed E-state index contributed by atoms with van der Waals surface area (Å²) in [6.45, 7) is 0.678. The Morgan fingerprint density at radius 2 is 1.85 bits per heavy atom. The summed E-state index contributed by atoms with van der Waals surface area (Å²) >= 11 is 0. The normalized spacial score (nSPS) is 27.9. The Kier molecular flexibility index (Phi) is 2.59. The van der Waals surface area contributed by atoms with Gasteiger partial charge in [-0.1, -0.05) is 19.3 Å². The fourth-order valence-electron chi connectivity index (χ4n) is 2.39. The predicted molar refractivity (Wildman–Crippen MR) is 52.6 cm³/mol. The number of rotatable bonds is 3. The molecule has 2 aliphatic carbocycles. The highest BCUT2D eigenvalue weighted by atomic mass is 19.1. The van der Waals surface area contributed by atoms with Gasteiger partial charge in [0.15, 0.2) is 0 Å². The molecule has 0 aromatic heterocycles. The fourth-order valence-corrected chi connectivity index (χ4v) is 2.39. The van der Waals surface area contributed by atoms with Crippen molar-refractivity contribution >= 4 is 0 Å². The topological polar surface area (TPSA) is 3.24 Å². The maximum atomic E-state index is 13.5. The van der Waals surface area contributed by atoms with Gasteiger partial charge in [0.05, 0.1) is 0 Å². The fraction of sp³-hybridized carbons (Fsp3) is 1.00. The minimum Gasteiger partial charge on any atom is -0.300 e. The van der Waals surface area contributed by atoms with E-state index in [1.807, 2.05) is 0 Å². The van der Waals surface area contributed by atoms with Gasteiger partial charge in [-0.25, -0.2) is 4.39 Å². The third kappa shape index (κ3) is 2.43. The lowest BCUT2D eigenvalue weighted by atomic mass is 9.94. The van der Waals surface area contributed by atoms with Gasteiger partial charge in [-0.15, -0.1) is 0 Å². The van der Waals surface area contributed by atoms with E-state index < -0.39 is 5.67 Å². The van der Waals surface area contributed by atoms with E-state index in [-0.39, 0.29) is 0 Å². The van der Waals surface area contributed by atoms with Crippen LogP contribution in [0.15, 0.2) is 0 Å². The molecule has 0 unspecified atom stereocenters. The van der Waals surface area contributed by atoms with Crippen LogP contribution in [0.3, 0.4) is 0 Å². The first-order valence-corrected chi connectivity index (χ1v) is 5.59. The van der Waals surface area contributed by atoms with Crippen molar-refractivity contribution in [3.8, 4) is 0 Å². The van der Waals surface area contributed by atoms with Crippen molar-refractivity contribution in [2.75, 3.05) is 13.6 Å². The van der Waals surface area contributed by atoms with Gasteiger partial charge in [0.2, 0.25) is 0 Å². The number of nitrogens with zero attached hydrogens (tertiary/aromatic N) is 1. The molecule has 2 saturated carbocycles. The summed E-state index contributed by atoms with van der Waals surface area (Å²) in [4.78, 5) is 2.26. The molecule has 0 bridgehead atoms. The van der Waals surface area contributed by atoms with Crippen molar-refractivity contribution in [2.45, 2.75) is 56.7 Å². The van der Waals surface area contributed by atoms with Crippen LogP contribution in [0.25, 0.3) is 0 Å². The number of hydrogen-bond donors (Lipinski definition) is 0. The highest BCUT2D eigenvalue weighted by Crippen LogP contribution is 2.41. The van der Waals surface area contributed by atoms with Crippen molar-refractivity contribution in [1.82, 2.24) is 4.90 Å². The zero-order chi connectivity index (χ0) is 9.31. The lowest BCUT2D eigenvalue weighted by molar-refractivity contribution is 0.134. The Labute approximate surface area is 80.3 Å². The minimum absolute atomic E-state index is 0.668. The second kappa shape index (κ2) is 3.56. The summed E-state index contributed by atoms with van der Waals surface area (Å²) in [6.07, 6.45) is 8.22. The number of halogens is 1. The Morgan fingerprint density at radius 1 is 1.23 bits per heavy atom. The maximum absolute atomic E-state index is 13.5. The Balaban J connectivity index is 1.77. The van der Waals surface area contributed by atoms with Crippen molar-refractivity contribution in [1.29, 1.82) is 0 Å². The van der Waals surface area contributed by atoms with E-state index >= 15 is 0 Å². The number of hydrogen-bond acceptors (Lipinski definition) is 1. The van der Waals surface area contributed by atoms with Crippen LogP contribution in [0.4, 0.5) is 4.39 Å². The van der Waals surface area contributed by atoms with Crippen molar-refractivity contribution in [3.63, 3.8) is 0 Å². The minimum atomic E-state index is -0.799. The molecule has 2 aliphatic rings. The zero-order valence-corrected chi connectivity index (χ0v) is 8.56. The zero-order valence-electron chi connectivity index (χ0n) is 8.56. The van der Waals surface area contributed by atoms with Crippen molar-refractivity contribution in [2.24, 2.45) is 0 Å². The van der Waals surface area contributed by atoms with Gasteiger partial charge < -0.3 is 4.90 Å². The third-order valence-corrected chi connectivity index (χ3v) is 3.52. The molecule has 0 spiro atoms.